The highest BCUT2D eigenvalue weighted by atomic mass is 35.5. The molecule has 1 amide bonds. The van der Waals surface area contributed by atoms with E-state index < -0.39 is 11.6 Å². The Morgan fingerprint density at radius 2 is 2.21 bits per heavy atom. The van der Waals surface area contributed by atoms with Gasteiger partial charge in [0, 0.05) is 25.0 Å². The molecule has 0 unspecified atom stereocenters. The summed E-state index contributed by atoms with van der Waals surface area (Å²) in [5.41, 5.74) is -0.959. The zero-order valence-corrected chi connectivity index (χ0v) is 11.9. The van der Waals surface area contributed by atoms with E-state index in [1.165, 1.54) is 4.90 Å². The zero-order chi connectivity index (χ0) is 14.0. The second-order valence-electron chi connectivity index (χ2n) is 5.01. The highest BCUT2D eigenvalue weighted by Gasteiger charge is 2.44. The van der Waals surface area contributed by atoms with Crippen molar-refractivity contribution in [3.63, 3.8) is 0 Å². The number of hydrogen-bond donors (Lipinski definition) is 1. The molecular weight excluding hydrogens is 267 g/mol. The number of rotatable bonds is 3. The number of carbonyl (C=O) groups is 1. The van der Waals surface area contributed by atoms with Crippen molar-refractivity contribution < 1.29 is 9.18 Å². The molecule has 1 N–H and O–H groups in total. The van der Waals surface area contributed by atoms with Crippen LogP contribution < -0.4 is 5.32 Å². The number of benzene rings is 1. The summed E-state index contributed by atoms with van der Waals surface area (Å²) in [6, 6.07) is 7.06. The topological polar surface area (TPSA) is 32.3 Å². The number of nitrogens with zero attached hydrogens (tertiary/aromatic N) is 1. The summed E-state index contributed by atoms with van der Waals surface area (Å²) in [6.45, 7) is 2.48. The highest BCUT2D eigenvalue weighted by molar-refractivity contribution is 6.31. The molecule has 0 saturated carbocycles. The minimum Gasteiger partial charge on any atom is -0.336 e. The summed E-state index contributed by atoms with van der Waals surface area (Å²) in [5.74, 6) is -0.482. The predicted octanol–water partition coefficient (Wildman–Crippen LogP) is 2.56. The van der Waals surface area contributed by atoms with Crippen molar-refractivity contribution in [2.24, 2.45) is 0 Å². The number of amides is 1. The molecule has 0 spiro atoms. The summed E-state index contributed by atoms with van der Waals surface area (Å²) >= 11 is 6.12. The highest BCUT2D eigenvalue weighted by Crippen LogP contribution is 2.30. The van der Waals surface area contributed by atoms with Gasteiger partial charge < -0.3 is 10.2 Å². The van der Waals surface area contributed by atoms with Crippen LogP contribution in [0, 0.1) is 0 Å². The zero-order valence-electron chi connectivity index (χ0n) is 11.1. The lowest BCUT2D eigenvalue weighted by Crippen LogP contribution is -2.46. The van der Waals surface area contributed by atoms with Gasteiger partial charge in [-0.15, -0.1) is 0 Å². The molecule has 1 fully saturated rings. The molecule has 1 saturated heterocycles. The quantitative estimate of drug-likeness (QED) is 0.925. The Morgan fingerprint density at radius 1 is 1.53 bits per heavy atom. The molecule has 0 radical (unpaired) electrons. The van der Waals surface area contributed by atoms with Gasteiger partial charge in [0.25, 0.3) is 5.91 Å². The lowest BCUT2D eigenvalue weighted by Gasteiger charge is -2.31. The Morgan fingerprint density at radius 3 is 2.79 bits per heavy atom. The van der Waals surface area contributed by atoms with E-state index in [4.69, 9.17) is 11.6 Å². The normalized spacial score (nSPS) is 24.2. The molecule has 3 nitrogen and oxygen atoms in total. The third kappa shape index (κ3) is 2.74. The third-order valence-corrected chi connectivity index (χ3v) is 4.09. The molecule has 1 aliphatic heterocycles. The average molecular weight is 285 g/mol. The van der Waals surface area contributed by atoms with Gasteiger partial charge in [0.1, 0.15) is 0 Å². The molecule has 1 aliphatic rings. The Kier molecular flexibility index (Phi) is 4.11. The largest absolute Gasteiger partial charge is 0.336 e. The van der Waals surface area contributed by atoms with Gasteiger partial charge in [-0.25, -0.2) is 4.39 Å². The van der Waals surface area contributed by atoms with Crippen LogP contribution in [0.2, 0.25) is 5.02 Å². The first-order valence-electron chi connectivity index (χ1n) is 6.37. The number of carbonyl (C=O) groups excluding carboxylic acids is 1. The van der Waals surface area contributed by atoms with E-state index in [0.717, 1.165) is 5.56 Å². The molecule has 1 aromatic carbocycles. The average Bonchev–Trinajstić information content (AvgIpc) is 2.85. The molecular formula is C14H18ClFN2O. The van der Waals surface area contributed by atoms with Gasteiger partial charge >= 0.3 is 0 Å². The van der Waals surface area contributed by atoms with E-state index in [-0.39, 0.29) is 19.0 Å². The first-order chi connectivity index (χ1) is 8.96. The molecule has 19 heavy (non-hydrogen) atoms. The molecule has 104 valence electrons. The maximum Gasteiger partial charge on any atom is 0.261 e. The first kappa shape index (κ1) is 14.3. The van der Waals surface area contributed by atoms with Crippen LogP contribution >= 0.6 is 11.6 Å². The number of hydrogen-bond acceptors (Lipinski definition) is 2. The number of alkyl halides is 1. The fourth-order valence-corrected chi connectivity index (χ4v) is 2.65. The van der Waals surface area contributed by atoms with Crippen molar-refractivity contribution in [1.82, 2.24) is 10.2 Å². The third-order valence-electron chi connectivity index (χ3n) is 3.74. The van der Waals surface area contributed by atoms with Crippen LogP contribution in [0.25, 0.3) is 0 Å². The molecule has 2 rings (SSSR count). The van der Waals surface area contributed by atoms with Crippen molar-refractivity contribution >= 4 is 17.5 Å². The second kappa shape index (κ2) is 5.47. The molecule has 2 atom stereocenters. The van der Waals surface area contributed by atoms with Crippen LogP contribution in [0.1, 0.15) is 24.9 Å². The van der Waals surface area contributed by atoms with Gasteiger partial charge in [0.05, 0.1) is 6.04 Å². The monoisotopic (exact) mass is 284 g/mol. The minimum absolute atomic E-state index is 0.0887. The van der Waals surface area contributed by atoms with E-state index in [2.05, 4.69) is 5.32 Å². The van der Waals surface area contributed by atoms with E-state index in [9.17, 15) is 9.18 Å². The maximum atomic E-state index is 14.4. The molecule has 1 heterocycles. The number of nitrogens with one attached hydrogen (secondary N) is 1. The van der Waals surface area contributed by atoms with Gasteiger partial charge in [-0.2, -0.15) is 0 Å². The van der Waals surface area contributed by atoms with Crippen LogP contribution in [-0.2, 0) is 4.79 Å². The van der Waals surface area contributed by atoms with Gasteiger partial charge in [0.2, 0.25) is 5.67 Å². The Hall–Kier alpha value is -1.13. The summed E-state index contributed by atoms with van der Waals surface area (Å²) in [7, 11) is 1.62. The summed E-state index contributed by atoms with van der Waals surface area (Å²) in [4.78, 5) is 13.7. The van der Waals surface area contributed by atoms with Crippen molar-refractivity contribution in [3.05, 3.63) is 34.9 Å². The van der Waals surface area contributed by atoms with Crippen LogP contribution in [0.15, 0.2) is 24.3 Å². The predicted molar refractivity (Wildman–Crippen MR) is 74.0 cm³/mol. The lowest BCUT2D eigenvalue weighted by atomic mass is 10.0. The maximum absolute atomic E-state index is 14.4. The Balaban J connectivity index is 2.17. The minimum atomic E-state index is -1.79. The summed E-state index contributed by atoms with van der Waals surface area (Å²) < 4.78 is 14.4. The van der Waals surface area contributed by atoms with Crippen molar-refractivity contribution in [2.75, 3.05) is 20.1 Å². The number of halogens is 2. The van der Waals surface area contributed by atoms with Gasteiger partial charge in [0.15, 0.2) is 0 Å². The second-order valence-corrected chi connectivity index (χ2v) is 5.41. The van der Waals surface area contributed by atoms with Crippen LogP contribution in [0.3, 0.4) is 0 Å². The standard InChI is InChI=1S/C14H18ClFN2O/c1-10(11-5-3-4-6-12(11)15)18(2)13(19)14(16)7-8-17-9-14/h3-6,10,17H,7-9H2,1-2H3/t10-,14-/m0/s1. The fourth-order valence-electron chi connectivity index (χ4n) is 2.36. The summed E-state index contributed by atoms with van der Waals surface area (Å²) in [6.07, 6.45) is 0.228. The molecule has 1 aromatic rings. The van der Waals surface area contributed by atoms with E-state index in [1.807, 2.05) is 25.1 Å². The lowest BCUT2D eigenvalue weighted by molar-refractivity contribution is -0.143. The van der Waals surface area contributed by atoms with Crippen LogP contribution in [0.5, 0.6) is 0 Å². The van der Waals surface area contributed by atoms with Crippen molar-refractivity contribution in [2.45, 2.75) is 25.1 Å². The summed E-state index contributed by atoms with van der Waals surface area (Å²) in [5, 5.41) is 3.48. The molecule has 0 aliphatic carbocycles. The SMILES string of the molecule is C[C@@H](c1ccccc1Cl)N(C)C(=O)[C@]1(F)CCNC1. The van der Waals surface area contributed by atoms with E-state index >= 15 is 0 Å². The van der Waals surface area contributed by atoms with Gasteiger partial charge in [-0.3, -0.25) is 4.79 Å². The first-order valence-corrected chi connectivity index (χ1v) is 6.75. The molecule has 0 bridgehead atoms. The van der Waals surface area contributed by atoms with E-state index in [1.54, 1.807) is 13.1 Å². The fraction of sp³-hybridized carbons (Fsp3) is 0.500. The van der Waals surface area contributed by atoms with Crippen molar-refractivity contribution in [3.8, 4) is 0 Å². The molecule has 0 aromatic heterocycles. The van der Waals surface area contributed by atoms with Gasteiger partial charge in [-0.05, 0) is 25.1 Å². The van der Waals surface area contributed by atoms with Crippen LogP contribution in [-0.4, -0.2) is 36.6 Å². The Bertz CT molecular complexity index is 474. The van der Waals surface area contributed by atoms with E-state index in [0.29, 0.717) is 11.6 Å². The van der Waals surface area contributed by atoms with Crippen molar-refractivity contribution in [1.29, 1.82) is 0 Å². The molecule has 5 heteroatoms. The smallest absolute Gasteiger partial charge is 0.261 e. The van der Waals surface area contributed by atoms with Crippen LogP contribution in [0.4, 0.5) is 4.39 Å². The Labute approximate surface area is 117 Å². The van der Waals surface area contributed by atoms with Gasteiger partial charge in [-0.1, -0.05) is 29.8 Å².